The first-order valence-electron chi connectivity index (χ1n) is 11.4. The summed E-state index contributed by atoms with van der Waals surface area (Å²) in [5, 5.41) is 3.08. The molecule has 0 aliphatic heterocycles. The van der Waals surface area contributed by atoms with Gasteiger partial charge in [0.2, 0.25) is 5.91 Å². The van der Waals surface area contributed by atoms with Crippen molar-refractivity contribution in [2.24, 2.45) is 0 Å². The van der Waals surface area contributed by atoms with E-state index in [9.17, 15) is 4.79 Å². The average molecular weight is 442 g/mol. The Balaban J connectivity index is 1.50. The fraction of sp³-hybridized carbons (Fsp3) is 0.500. The van der Waals surface area contributed by atoms with Crippen molar-refractivity contribution >= 4 is 5.91 Å². The van der Waals surface area contributed by atoms with E-state index in [2.05, 4.69) is 11.4 Å². The van der Waals surface area contributed by atoms with Crippen molar-refractivity contribution in [1.82, 2.24) is 5.32 Å². The minimum absolute atomic E-state index is 0.0130. The summed E-state index contributed by atoms with van der Waals surface area (Å²) in [6, 6.07) is 13.7. The number of rotatable bonds is 12. The van der Waals surface area contributed by atoms with Crippen LogP contribution in [0.4, 0.5) is 0 Å². The molecule has 1 fully saturated rings. The van der Waals surface area contributed by atoms with Gasteiger partial charge in [0.05, 0.1) is 25.9 Å². The maximum Gasteiger partial charge on any atom is 0.220 e. The van der Waals surface area contributed by atoms with Crippen LogP contribution in [0.2, 0.25) is 0 Å². The standard InChI is InChI=1S/C26H35NO5/c1-19(21-12-13-24(25(18-21)30-3)31-16-15-29-2)27-26(28)14-11-20-7-6-10-23(17-20)32-22-8-4-5-9-22/h6-7,10,12-13,17-19,22H,4-5,8-9,11,14-16H2,1-3H3,(H,27,28). The summed E-state index contributed by atoms with van der Waals surface area (Å²) in [5.74, 6) is 2.22. The number of hydrogen-bond donors (Lipinski definition) is 1. The highest BCUT2D eigenvalue weighted by Gasteiger charge is 2.17. The molecule has 32 heavy (non-hydrogen) atoms. The summed E-state index contributed by atoms with van der Waals surface area (Å²) in [6.45, 7) is 2.92. The maximum absolute atomic E-state index is 12.5. The first kappa shape index (κ1) is 23.9. The van der Waals surface area contributed by atoms with Gasteiger partial charge in [0.1, 0.15) is 12.4 Å². The van der Waals surface area contributed by atoms with Crippen LogP contribution in [-0.4, -0.2) is 39.4 Å². The molecule has 1 atom stereocenters. The summed E-state index contributed by atoms with van der Waals surface area (Å²) < 4.78 is 22.2. The first-order chi connectivity index (χ1) is 15.6. The van der Waals surface area contributed by atoms with Crippen LogP contribution in [0.25, 0.3) is 0 Å². The Morgan fingerprint density at radius 2 is 1.88 bits per heavy atom. The van der Waals surface area contributed by atoms with Crippen molar-refractivity contribution in [2.45, 2.75) is 57.6 Å². The van der Waals surface area contributed by atoms with E-state index in [0.29, 0.717) is 43.7 Å². The summed E-state index contributed by atoms with van der Waals surface area (Å²) >= 11 is 0. The molecule has 6 nitrogen and oxygen atoms in total. The summed E-state index contributed by atoms with van der Waals surface area (Å²) in [6.07, 6.45) is 6.20. The van der Waals surface area contributed by atoms with Crippen LogP contribution < -0.4 is 19.5 Å². The van der Waals surface area contributed by atoms with E-state index in [1.807, 2.05) is 43.3 Å². The SMILES string of the molecule is COCCOc1ccc(C(C)NC(=O)CCc2cccc(OC3CCCC3)c2)cc1OC. The van der Waals surface area contributed by atoms with Crippen LogP contribution in [0.1, 0.15) is 56.2 Å². The summed E-state index contributed by atoms with van der Waals surface area (Å²) in [5.41, 5.74) is 2.07. The molecule has 2 aromatic rings. The molecule has 0 aromatic heterocycles. The number of hydrogen-bond acceptors (Lipinski definition) is 5. The molecule has 6 heteroatoms. The Bertz CT molecular complexity index is 863. The van der Waals surface area contributed by atoms with Crippen LogP contribution >= 0.6 is 0 Å². The third kappa shape index (κ3) is 7.16. The van der Waals surface area contributed by atoms with Gasteiger partial charge < -0.3 is 24.3 Å². The minimum atomic E-state index is -0.138. The van der Waals surface area contributed by atoms with Crippen molar-refractivity contribution in [3.05, 3.63) is 53.6 Å². The third-order valence-electron chi connectivity index (χ3n) is 5.75. The van der Waals surface area contributed by atoms with Gasteiger partial charge in [-0.2, -0.15) is 0 Å². The van der Waals surface area contributed by atoms with Gasteiger partial charge in [-0.3, -0.25) is 4.79 Å². The second-order valence-corrected chi connectivity index (χ2v) is 8.21. The highest BCUT2D eigenvalue weighted by molar-refractivity contribution is 5.76. The van der Waals surface area contributed by atoms with Crippen LogP contribution in [0.5, 0.6) is 17.2 Å². The molecule has 3 rings (SSSR count). The van der Waals surface area contributed by atoms with Crippen molar-refractivity contribution in [3.63, 3.8) is 0 Å². The normalized spacial score (nSPS) is 14.7. The van der Waals surface area contributed by atoms with Gasteiger partial charge in [0.15, 0.2) is 11.5 Å². The number of amides is 1. The van der Waals surface area contributed by atoms with Crippen molar-refractivity contribution < 1.29 is 23.7 Å². The highest BCUT2D eigenvalue weighted by atomic mass is 16.5. The zero-order chi connectivity index (χ0) is 22.8. The van der Waals surface area contributed by atoms with E-state index in [4.69, 9.17) is 18.9 Å². The molecule has 1 saturated carbocycles. The lowest BCUT2D eigenvalue weighted by atomic mass is 10.1. The number of ether oxygens (including phenoxy) is 4. The lowest BCUT2D eigenvalue weighted by molar-refractivity contribution is -0.121. The predicted octanol–water partition coefficient (Wildman–Crippen LogP) is 4.85. The molecule has 1 aliphatic rings. The van der Waals surface area contributed by atoms with E-state index in [0.717, 1.165) is 29.7 Å². The first-order valence-corrected chi connectivity index (χ1v) is 11.4. The molecule has 0 radical (unpaired) electrons. The van der Waals surface area contributed by atoms with Gasteiger partial charge in [0.25, 0.3) is 0 Å². The molecule has 0 bridgehead atoms. The lowest BCUT2D eigenvalue weighted by Crippen LogP contribution is -2.26. The van der Waals surface area contributed by atoms with E-state index in [-0.39, 0.29) is 11.9 Å². The third-order valence-corrected chi connectivity index (χ3v) is 5.75. The monoisotopic (exact) mass is 441 g/mol. The van der Waals surface area contributed by atoms with Crippen molar-refractivity contribution in [3.8, 4) is 17.2 Å². The molecule has 1 aliphatic carbocycles. The molecule has 1 N–H and O–H groups in total. The molecular weight excluding hydrogens is 406 g/mol. The van der Waals surface area contributed by atoms with Gasteiger partial charge >= 0.3 is 0 Å². The number of nitrogens with one attached hydrogen (secondary N) is 1. The van der Waals surface area contributed by atoms with Gasteiger partial charge in [-0.1, -0.05) is 18.2 Å². The molecular formula is C26H35NO5. The fourth-order valence-electron chi connectivity index (χ4n) is 3.94. The topological polar surface area (TPSA) is 66.0 Å². The highest BCUT2D eigenvalue weighted by Crippen LogP contribution is 2.30. The lowest BCUT2D eigenvalue weighted by Gasteiger charge is -2.17. The van der Waals surface area contributed by atoms with Crippen molar-refractivity contribution in [1.29, 1.82) is 0 Å². The van der Waals surface area contributed by atoms with Gasteiger partial charge in [0, 0.05) is 13.5 Å². The molecule has 1 unspecified atom stereocenters. The van der Waals surface area contributed by atoms with E-state index >= 15 is 0 Å². The van der Waals surface area contributed by atoms with Crippen LogP contribution in [0.15, 0.2) is 42.5 Å². The number of benzene rings is 2. The van der Waals surface area contributed by atoms with Crippen LogP contribution in [0, 0.1) is 0 Å². The quantitative estimate of drug-likeness (QED) is 0.477. The van der Waals surface area contributed by atoms with Crippen LogP contribution in [-0.2, 0) is 16.0 Å². The van der Waals surface area contributed by atoms with E-state index < -0.39 is 0 Å². The molecule has 0 heterocycles. The second-order valence-electron chi connectivity index (χ2n) is 8.21. The Morgan fingerprint density at radius 3 is 2.62 bits per heavy atom. The Labute approximate surface area is 191 Å². The Kier molecular flexibility index (Phi) is 9.23. The number of carbonyl (C=O) groups is 1. The molecule has 1 amide bonds. The Hall–Kier alpha value is -2.73. The smallest absolute Gasteiger partial charge is 0.220 e. The second kappa shape index (κ2) is 12.3. The number of aryl methyl sites for hydroxylation is 1. The largest absolute Gasteiger partial charge is 0.493 e. The van der Waals surface area contributed by atoms with E-state index in [1.54, 1.807) is 14.2 Å². The predicted molar refractivity (Wildman–Crippen MR) is 125 cm³/mol. The zero-order valence-electron chi connectivity index (χ0n) is 19.4. The summed E-state index contributed by atoms with van der Waals surface area (Å²) in [7, 11) is 3.24. The zero-order valence-corrected chi connectivity index (χ0v) is 19.4. The molecule has 174 valence electrons. The molecule has 2 aromatic carbocycles. The van der Waals surface area contributed by atoms with E-state index in [1.165, 1.54) is 12.8 Å². The molecule has 0 saturated heterocycles. The van der Waals surface area contributed by atoms with Gasteiger partial charge in [-0.15, -0.1) is 0 Å². The van der Waals surface area contributed by atoms with Crippen LogP contribution in [0.3, 0.4) is 0 Å². The molecule has 0 spiro atoms. The van der Waals surface area contributed by atoms with Crippen molar-refractivity contribution in [2.75, 3.05) is 27.4 Å². The van der Waals surface area contributed by atoms with Gasteiger partial charge in [-0.25, -0.2) is 0 Å². The minimum Gasteiger partial charge on any atom is -0.493 e. The average Bonchev–Trinajstić information content (AvgIpc) is 3.31. The maximum atomic E-state index is 12.5. The summed E-state index contributed by atoms with van der Waals surface area (Å²) in [4.78, 5) is 12.5. The Morgan fingerprint density at radius 1 is 1.06 bits per heavy atom. The fourth-order valence-corrected chi connectivity index (χ4v) is 3.94. The van der Waals surface area contributed by atoms with Gasteiger partial charge in [-0.05, 0) is 74.4 Å². The number of carbonyl (C=O) groups excluding carboxylic acids is 1. The number of methoxy groups -OCH3 is 2.